The van der Waals surface area contributed by atoms with Crippen LogP contribution in [0.3, 0.4) is 0 Å². The topological polar surface area (TPSA) is 81.9 Å². The summed E-state index contributed by atoms with van der Waals surface area (Å²) < 4.78 is 36.2. The van der Waals surface area contributed by atoms with E-state index >= 15 is 0 Å². The molecule has 0 spiro atoms. The molecule has 0 unspecified atom stereocenters. The van der Waals surface area contributed by atoms with E-state index in [1.54, 1.807) is 32.4 Å². The average molecular weight is 429 g/mol. The van der Waals surface area contributed by atoms with Gasteiger partial charge in [0.05, 0.1) is 23.5 Å². The second-order valence-electron chi connectivity index (χ2n) is 7.98. The van der Waals surface area contributed by atoms with Crippen molar-refractivity contribution in [3.05, 3.63) is 36.0 Å². The number of pyridine rings is 1. The second-order valence-corrected chi connectivity index (χ2v) is 7.98. The van der Waals surface area contributed by atoms with E-state index in [0.29, 0.717) is 22.8 Å². The number of hydrogen-bond acceptors (Lipinski definition) is 5. The van der Waals surface area contributed by atoms with Crippen LogP contribution in [0.15, 0.2) is 24.5 Å². The summed E-state index contributed by atoms with van der Waals surface area (Å²) in [5.74, 6) is -3.43. The first-order valence-electron chi connectivity index (χ1n) is 10.3. The largest absolute Gasteiger partial charge is 0.381 e. The molecule has 1 fully saturated rings. The van der Waals surface area contributed by atoms with Crippen LogP contribution in [0.1, 0.15) is 50.7 Å². The number of carbonyl (C=O) groups is 1. The summed E-state index contributed by atoms with van der Waals surface area (Å²) >= 11 is 0. The minimum atomic E-state index is -3.11. The highest BCUT2D eigenvalue weighted by atomic mass is 19.3. The lowest BCUT2D eigenvalue weighted by molar-refractivity contribution is -0.114. The van der Waals surface area contributed by atoms with E-state index in [1.807, 2.05) is 6.20 Å². The minimum Gasteiger partial charge on any atom is -0.381 e. The minimum absolute atomic E-state index is 0.202. The van der Waals surface area contributed by atoms with Gasteiger partial charge in [-0.05, 0) is 31.9 Å². The van der Waals surface area contributed by atoms with E-state index in [2.05, 4.69) is 24.8 Å². The van der Waals surface area contributed by atoms with Crippen molar-refractivity contribution < 1.29 is 18.3 Å². The number of halogens is 2. The smallest absolute Gasteiger partial charge is 0.306 e. The Hall–Kier alpha value is -2.94. The highest BCUT2D eigenvalue weighted by molar-refractivity contribution is 5.98. The van der Waals surface area contributed by atoms with Crippen molar-refractivity contribution in [1.29, 1.82) is 0 Å². The van der Waals surface area contributed by atoms with Crippen LogP contribution < -0.4 is 5.32 Å². The fourth-order valence-electron chi connectivity index (χ4n) is 3.89. The van der Waals surface area contributed by atoms with Crippen molar-refractivity contribution in [2.45, 2.75) is 58.1 Å². The Bertz CT molecular complexity index is 1140. The predicted molar refractivity (Wildman–Crippen MR) is 113 cm³/mol. The highest BCUT2D eigenvalue weighted by Gasteiger charge is 2.34. The van der Waals surface area contributed by atoms with Gasteiger partial charge in [-0.1, -0.05) is 6.92 Å². The fraction of sp³-hybridized carbons (Fsp3) is 0.455. The van der Waals surface area contributed by atoms with Gasteiger partial charge < -0.3 is 14.6 Å². The maximum atomic E-state index is 14.4. The van der Waals surface area contributed by atoms with Crippen LogP contribution in [0, 0.1) is 6.92 Å². The zero-order valence-corrected chi connectivity index (χ0v) is 17.9. The number of nitrogens with one attached hydrogen (secondary N) is 1. The number of aryl methyl sites for hydroxylation is 1. The Morgan fingerprint density at radius 3 is 2.71 bits per heavy atom. The molecule has 1 N–H and O–H groups in total. The molecule has 1 aliphatic rings. The van der Waals surface area contributed by atoms with Crippen LogP contribution in [0.4, 0.5) is 14.6 Å². The molecular weight excluding hydrogens is 404 g/mol. The number of ether oxygens (including phenoxy) is 1. The summed E-state index contributed by atoms with van der Waals surface area (Å²) in [4.78, 5) is 24.0. The van der Waals surface area contributed by atoms with Crippen molar-refractivity contribution in [3.63, 3.8) is 0 Å². The van der Waals surface area contributed by atoms with Gasteiger partial charge in [0.1, 0.15) is 5.82 Å². The van der Waals surface area contributed by atoms with Crippen LogP contribution in [0.2, 0.25) is 0 Å². The molecule has 1 aliphatic carbocycles. The Morgan fingerprint density at radius 1 is 1.32 bits per heavy atom. The van der Waals surface area contributed by atoms with E-state index in [1.165, 1.54) is 13.8 Å². The number of rotatable bonds is 6. The van der Waals surface area contributed by atoms with Crippen molar-refractivity contribution in [2.75, 3.05) is 12.4 Å². The zero-order valence-electron chi connectivity index (χ0n) is 17.9. The maximum Gasteiger partial charge on any atom is 0.306 e. The number of amides is 1. The number of hydrogen-bond donors (Lipinski definition) is 1. The molecule has 1 amide bonds. The van der Waals surface area contributed by atoms with Gasteiger partial charge in [-0.15, -0.1) is 0 Å². The van der Waals surface area contributed by atoms with Gasteiger partial charge in [0.2, 0.25) is 5.91 Å². The summed E-state index contributed by atoms with van der Waals surface area (Å²) in [6.45, 7) is 4.49. The number of alkyl halides is 2. The van der Waals surface area contributed by atoms with Gasteiger partial charge in [-0.2, -0.15) is 8.78 Å². The van der Waals surface area contributed by atoms with Gasteiger partial charge in [0.15, 0.2) is 5.82 Å². The molecule has 4 rings (SSSR count). The van der Waals surface area contributed by atoms with Crippen molar-refractivity contribution in [3.8, 4) is 11.3 Å². The van der Waals surface area contributed by atoms with Crippen LogP contribution >= 0.6 is 0 Å². The van der Waals surface area contributed by atoms with Crippen LogP contribution in [0.5, 0.6) is 0 Å². The molecule has 0 aromatic carbocycles. The monoisotopic (exact) mass is 429 g/mol. The number of nitrogens with zero attached hydrogens (tertiary/aromatic N) is 4. The number of fused-ring (bicyclic) bond motifs is 1. The average Bonchev–Trinajstić information content (AvgIpc) is 3.05. The molecule has 0 bridgehead atoms. The van der Waals surface area contributed by atoms with E-state index < -0.39 is 11.7 Å². The molecule has 9 heteroatoms. The van der Waals surface area contributed by atoms with E-state index in [9.17, 15) is 13.6 Å². The Balaban J connectivity index is 1.87. The van der Waals surface area contributed by atoms with Crippen LogP contribution in [0.25, 0.3) is 22.2 Å². The summed E-state index contributed by atoms with van der Waals surface area (Å²) in [6.07, 6.45) is 5.16. The highest BCUT2D eigenvalue weighted by Crippen LogP contribution is 2.41. The van der Waals surface area contributed by atoms with Gasteiger partial charge in [0.25, 0.3) is 0 Å². The lowest BCUT2D eigenvalue weighted by Gasteiger charge is -2.35. The third-order valence-corrected chi connectivity index (χ3v) is 5.72. The SMILES string of the molecule is CCC(F)(F)c1nc(C)cc(-c2cn(C3CC(OC)C3)c3cnc(NC(C)=O)cc23)n1. The first-order chi connectivity index (χ1) is 14.7. The first-order valence-corrected chi connectivity index (χ1v) is 10.3. The molecule has 0 atom stereocenters. The molecular formula is C22H25F2N5O2. The quantitative estimate of drug-likeness (QED) is 0.619. The third-order valence-electron chi connectivity index (χ3n) is 5.72. The molecule has 0 aliphatic heterocycles. The lowest BCUT2D eigenvalue weighted by Crippen LogP contribution is -2.32. The van der Waals surface area contributed by atoms with Crippen molar-refractivity contribution in [2.24, 2.45) is 0 Å². The number of carbonyl (C=O) groups excluding carboxylic acids is 1. The Morgan fingerprint density at radius 2 is 2.06 bits per heavy atom. The molecule has 1 saturated carbocycles. The van der Waals surface area contributed by atoms with Crippen molar-refractivity contribution >= 4 is 22.6 Å². The second kappa shape index (κ2) is 7.96. The molecule has 0 saturated heterocycles. The van der Waals surface area contributed by atoms with Gasteiger partial charge >= 0.3 is 5.92 Å². The summed E-state index contributed by atoms with van der Waals surface area (Å²) in [7, 11) is 1.69. The van der Waals surface area contributed by atoms with Gasteiger partial charge in [0, 0.05) is 49.3 Å². The van der Waals surface area contributed by atoms with E-state index in [0.717, 1.165) is 23.7 Å². The zero-order chi connectivity index (χ0) is 22.3. The Kier molecular flexibility index (Phi) is 5.47. The van der Waals surface area contributed by atoms with E-state index in [4.69, 9.17) is 4.74 Å². The first kappa shape index (κ1) is 21.3. The van der Waals surface area contributed by atoms with Crippen LogP contribution in [-0.2, 0) is 15.5 Å². The summed E-state index contributed by atoms with van der Waals surface area (Å²) in [5, 5.41) is 3.46. The normalized spacial score (nSPS) is 18.8. The summed E-state index contributed by atoms with van der Waals surface area (Å²) in [5.41, 5.74) is 2.43. The molecule has 7 nitrogen and oxygen atoms in total. The van der Waals surface area contributed by atoms with Crippen LogP contribution in [-0.4, -0.2) is 38.6 Å². The molecule has 3 aromatic rings. The summed E-state index contributed by atoms with van der Waals surface area (Å²) in [6, 6.07) is 3.67. The van der Waals surface area contributed by atoms with Gasteiger partial charge in [-0.25, -0.2) is 15.0 Å². The number of anilines is 1. The molecule has 31 heavy (non-hydrogen) atoms. The predicted octanol–water partition coefficient (Wildman–Crippen LogP) is 4.61. The maximum absolute atomic E-state index is 14.4. The molecule has 0 radical (unpaired) electrons. The fourth-order valence-corrected chi connectivity index (χ4v) is 3.89. The van der Waals surface area contributed by atoms with E-state index in [-0.39, 0.29) is 24.5 Å². The molecule has 164 valence electrons. The third kappa shape index (κ3) is 4.01. The molecule has 3 heterocycles. The van der Waals surface area contributed by atoms with Gasteiger partial charge in [-0.3, -0.25) is 4.79 Å². The molecule has 3 aromatic heterocycles. The standard InChI is InChI=1S/C22H25F2N5O2/c1-5-22(23,24)21-26-12(2)6-18(28-21)17-11-29(14-7-15(8-14)31-4)19-10-25-20(9-16(17)19)27-13(3)30/h6,9-11,14-15H,5,7-8H2,1-4H3,(H,25,27,30). The number of methoxy groups -OCH3 is 1. The van der Waals surface area contributed by atoms with Crippen molar-refractivity contribution in [1.82, 2.24) is 19.5 Å². The lowest BCUT2D eigenvalue weighted by atomic mass is 9.89. The Labute approximate surface area is 178 Å². The number of aromatic nitrogens is 4.